The number of fused-ring (bicyclic) bond motifs is 5. The van der Waals surface area contributed by atoms with Gasteiger partial charge in [-0.25, -0.2) is 0 Å². The van der Waals surface area contributed by atoms with E-state index < -0.39 is 5.41 Å². The molecule has 0 unspecified atom stereocenters. The Kier molecular flexibility index (Phi) is 2.72. The van der Waals surface area contributed by atoms with Gasteiger partial charge < -0.3 is 4.79 Å². The van der Waals surface area contributed by atoms with Crippen LogP contribution in [0.15, 0.2) is 11.6 Å². The second-order valence-electron chi connectivity index (χ2n) is 8.03. The van der Waals surface area contributed by atoms with Crippen LogP contribution in [-0.4, -0.2) is 12.0 Å². The molecule has 0 heterocycles. The molecule has 0 saturated heterocycles. The van der Waals surface area contributed by atoms with Gasteiger partial charge in [0.25, 0.3) is 0 Å². The van der Waals surface area contributed by atoms with Crippen molar-refractivity contribution in [2.75, 3.05) is 0 Å². The van der Waals surface area contributed by atoms with E-state index in [1.165, 1.54) is 5.57 Å². The Hall–Kier alpha value is -0.920. The van der Waals surface area contributed by atoms with Crippen molar-refractivity contribution in [1.82, 2.24) is 0 Å². The zero-order valence-electron chi connectivity index (χ0n) is 14.0. The molecule has 4 aliphatic carbocycles. The van der Waals surface area contributed by atoms with Crippen LogP contribution in [-0.2, 0) is 9.59 Å². The smallest absolute Gasteiger partial charge is 0.139 e. The van der Waals surface area contributed by atoms with Gasteiger partial charge in [0.1, 0.15) is 13.4 Å². The predicted octanol–water partition coefficient (Wildman–Crippen LogP) is 4.09. The van der Waals surface area contributed by atoms with Gasteiger partial charge in [0.05, 0.1) is 0 Å². The van der Waals surface area contributed by atoms with E-state index in [0.29, 0.717) is 23.5 Å². The van der Waals surface area contributed by atoms with Crippen LogP contribution in [0.3, 0.4) is 0 Å². The lowest BCUT2D eigenvalue weighted by Gasteiger charge is -2.56. The van der Waals surface area contributed by atoms with E-state index >= 15 is 0 Å². The first-order valence-electron chi connectivity index (χ1n) is 9.24. The highest BCUT2D eigenvalue weighted by Gasteiger charge is 2.59. The van der Waals surface area contributed by atoms with Gasteiger partial charge in [0.15, 0.2) is 0 Å². The first-order chi connectivity index (χ1) is 10.5. The quantitative estimate of drug-likeness (QED) is 0.538. The zero-order valence-corrected chi connectivity index (χ0v) is 13.0. The van der Waals surface area contributed by atoms with Crippen molar-refractivity contribution >= 4 is 12.0 Å². The largest absolute Gasteiger partial charge is 0.302 e. The highest BCUT2D eigenvalue weighted by atomic mass is 16.1. The van der Waals surface area contributed by atoms with E-state index in [2.05, 4.69) is 13.0 Å². The van der Waals surface area contributed by atoms with Crippen molar-refractivity contribution in [3.8, 4) is 0 Å². The van der Waals surface area contributed by atoms with Crippen LogP contribution in [0, 0.1) is 28.6 Å². The molecule has 0 N–H and O–H groups in total. The van der Waals surface area contributed by atoms with Gasteiger partial charge in [-0.05, 0) is 69.1 Å². The van der Waals surface area contributed by atoms with Gasteiger partial charge in [0, 0.05) is 17.3 Å². The zero-order chi connectivity index (χ0) is 15.5. The second kappa shape index (κ2) is 4.54. The Labute approximate surface area is 128 Å². The molecule has 114 valence electrons. The van der Waals surface area contributed by atoms with Gasteiger partial charge in [-0.2, -0.15) is 0 Å². The average molecular weight is 288 g/mol. The van der Waals surface area contributed by atoms with Crippen LogP contribution in [0.2, 0.25) is 0 Å². The fourth-order valence-corrected chi connectivity index (χ4v) is 6.34. The normalized spacial score (nSPS) is 49.6. The molecule has 0 spiro atoms. The molecule has 0 aliphatic heterocycles. The maximum Gasteiger partial charge on any atom is 0.139 e. The fourth-order valence-electron chi connectivity index (χ4n) is 6.34. The van der Waals surface area contributed by atoms with E-state index in [-0.39, 0.29) is 11.7 Å². The molecule has 2 nitrogen and oxygen atoms in total. The molecule has 0 aromatic heterocycles. The highest BCUT2D eigenvalue weighted by molar-refractivity contribution is 5.87. The SMILES string of the molecule is [3H]C(=O)[C@]12CCCC=C1CC[C@@H]1[C@@H]2CC[C@]2(C)C(=O)CC[C@@H]12. The monoisotopic (exact) mass is 288 g/mol. The number of ketones is 1. The van der Waals surface area contributed by atoms with Gasteiger partial charge in [0.2, 0.25) is 0 Å². The van der Waals surface area contributed by atoms with Gasteiger partial charge in [-0.15, -0.1) is 0 Å². The van der Waals surface area contributed by atoms with Crippen molar-refractivity contribution in [3.63, 3.8) is 0 Å². The maximum atomic E-state index is 12.4. The Morgan fingerprint density at radius 3 is 2.90 bits per heavy atom. The van der Waals surface area contributed by atoms with E-state index in [4.69, 9.17) is 1.37 Å². The molecule has 0 aromatic rings. The van der Waals surface area contributed by atoms with Crippen molar-refractivity contribution in [2.24, 2.45) is 28.6 Å². The molecule has 0 bridgehead atoms. The van der Waals surface area contributed by atoms with Crippen LogP contribution in [0.1, 0.15) is 66.1 Å². The lowest BCUT2D eigenvalue weighted by atomic mass is 9.47. The second-order valence-corrected chi connectivity index (χ2v) is 8.03. The van der Waals surface area contributed by atoms with E-state index in [9.17, 15) is 9.59 Å². The summed E-state index contributed by atoms with van der Waals surface area (Å²) in [5, 5.41) is 0. The molecular formula is C19H26O2. The van der Waals surface area contributed by atoms with Crippen LogP contribution in [0.4, 0.5) is 0 Å². The van der Waals surface area contributed by atoms with E-state index in [0.717, 1.165) is 57.8 Å². The first-order valence-corrected chi connectivity index (χ1v) is 8.74. The summed E-state index contributed by atoms with van der Waals surface area (Å²) < 4.78 is 8.04. The van der Waals surface area contributed by atoms with Crippen LogP contribution in [0.25, 0.3) is 0 Å². The molecule has 3 fully saturated rings. The molecule has 0 radical (unpaired) electrons. The first kappa shape index (κ1) is 12.6. The summed E-state index contributed by atoms with van der Waals surface area (Å²) in [7, 11) is 0. The van der Waals surface area contributed by atoms with Crippen molar-refractivity contribution in [1.29, 1.82) is 0 Å². The number of rotatable bonds is 1. The summed E-state index contributed by atoms with van der Waals surface area (Å²) in [6.07, 6.45) is 10.6. The van der Waals surface area contributed by atoms with Crippen LogP contribution >= 0.6 is 0 Å². The molecule has 3 saturated carbocycles. The van der Waals surface area contributed by atoms with Crippen molar-refractivity contribution < 1.29 is 11.0 Å². The van der Waals surface area contributed by atoms with E-state index in [1.807, 2.05) is 0 Å². The van der Waals surface area contributed by atoms with Gasteiger partial charge in [-0.3, -0.25) is 4.79 Å². The lowest BCUT2D eigenvalue weighted by molar-refractivity contribution is -0.135. The van der Waals surface area contributed by atoms with Crippen molar-refractivity contribution in [2.45, 2.75) is 64.7 Å². The highest BCUT2D eigenvalue weighted by Crippen LogP contribution is 2.64. The summed E-state index contributed by atoms with van der Waals surface area (Å²) in [5.41, 5.74) is 0.644. The summed E-state index contributed by atoms with van der Waals surface area (Å²) >= 11 is 0. The van der Waals surface area contributed by atoms with E-state index in [1.54, 1.807) is 0 Å². The lowest BCUT2D eigenvalue weighted by Crippen LogP contribution is -2.51. The summed E-state index contributed by atoms with van der Waals surface area (Å²) in [6, 6.07) is 0. The number of allylic oxidation sites excluding steroid dienone is 2. The minimum atomic E-state index is -0.492. The molecule has 2 heteroatoms. The third-order valence-electron chi connectivity index (χ3n) is 7.45. The number of hydrogen-bond acceptors (Lipinski definition) is 2. The third kappa shape index (κ3) is 1.65. The minimum Gasteiger partial charge on any atom is -0.302 e. The molecular weight excluding hydrogens is 260 g/mol. The number of carbonyl (C=O) groups excluding carboxylic acids is 2. The molecule has 4 rings (SSSR count). The number of Topliss-reactive ketones (excluding diaryl/α,β-unsaturated/α-hetero) is 1. The predicted molar refractivity (Wildman–Crippen MR) is 81.7 cm³/mol. The van der Waals surface area contributed by atoms with Gasteiger partial charge >= 0.3 is 0 Å². The summed E-state index contributed by atoms with van der Waals surface area (Å²) in [6.45, 7) is 2.17. The Morgan fingerprint density at radius 2 is 2.10 bits per heavy atom. The molecule has 21 heavy (non-hydrogen) atoms. The molecule has 0 aromatic carbocycles. The molecule has 4 aliphatic rings. The number of carbonyl (C=O) groups is 2. The van der Waals surface area contributed by atoms with Crippen molar-refractivity contribution in [3.05, 3.63) is 11.6 Å². The fraction of sp³-hybridized carbons (Fsp3) is 0.789. The summed E-state index contributed by atoms with van der Waals surface area (Å²) in [5.74, 6) is 1.71. The molecule has 0 amide bonds. The molecule has 5 atom stereocenters. The standard InChI is InChI=1S/C19H26O2/c1-18-11-9-16-14(15(18)7-8-17(18)21)6-5-13-4-2-3-10-19(13,16)12-20/h4,12,14-16H,2-3,5-11H2,1H3/t14-,15-,16-,18-,19+/m0/s1/i12T. The number of hydrogen-bond donors (Lipinski definition) is 0. The Morgan fingerprint density at radius 1 is 1.24 bits per heavy atom. The minimum absolute atomic E-state index is 0.136. The van der Waals surface area contributed by atoms with Gasteiger partial charge in [-0.1, -0.05) is 18.6 Å². The van der Waals surface area contributed by atoms with Crippen LogP contribution < -0.4 is 0 Å². The summed E-state index contributed by atoms with van der Waals surface area (Å²) in [4.78, 5) is 24.8. The number of aldehydes is 1. The average Bonchev–Trinajstić information content (AvgIpc) is 2.82. The van der Waals surface area contributed by atoms with Crippen LogP contribution in [0.5, 0.6) is 0 Å². The third-order valence-corrected chi connectivity index (χ3v) is 7.45. The Balaban J connectivity index is 1.76. The topological polar surface area (TPSA) is 34.1 Å². The maximum absolute atomic E-state index is 12.4. The Bertz CT molecular complexity index is 566.